The molecule has 0 saturated carbocycles. The minimum Gasteiger partial charge on any atom is -0.277 e. The SMILES string of the molecule is Cc1ccccc1-c1ccc(NN=C(C#N)C#N)cc1. The van der Waals surface area contributed by atoms with Crippen LogP contribution in [0.3, 0.4) is 0 Å². The second kappa shape index (κ2) is 6.17. The summed E-state index contributed by atoms with van der Waals surface area (Å²) in [7, 11) is 0. The van der Waals surface area contributed by atoms with Crippen molar-refractivity contribution in [1.29, 1.82) is 10.5 Å². The van der Waals surface area contributed by atoms with E-state index >= 15 is 0 Å². The van der Waals surface area contributed by atoms with Crippen molar-refractivity contribution in [2.24, 2.45) is 5.10 Å². The van der Waals surface area contributed by atoms with Gasteiger partial charge in [-0.05, 0) is 35.7 Å². The highest BCUT2D eigenvalue weighted by Crippen LogP contribution is 2.24. The summed E-state index contributed by atoms with van der Waals surface area (Å²) in [5, 5.41) is 20.9. The van der Waals surface area contributed by atoms with Gasteiger partial charge in [0.25, 0.3) is 0 Å². The highest BCUT2D eigenvalue weighted by Gasteiger charge is 2.01. The fraction of sp³-hybridized carbons (Fsp3) is 0.0625. The van der Waals surface area contributed by atoms with Crippen molar-refractivity contribution in [3.05, 3.63) is 54.1 Å². The van der Waals surface area contributed by atoms with E-state index in [1.165, 1.54) is 11.1 Å². The van der Waals surface area contributed by atoms with Crippen LogP contribution >= 0.6 is 0 Å². The maximum absolute atomic E-state index is 8.58. The third-order valence-corrected chi connectivity index (χ3v) is 2.85. The average molecular weight is 260 g/mol. The minimum atomic E-state index is -0.201. The lowest BCUT2D eigenvalue weighted by Gasteiger charge is -2.06. The van der Waals surface area contributed by atoms with E-state index in [1.807, 2.05) is 36.4 Å². The molecule has 96 valence electrons. The van der Waals surface area contributed by atoms with Crippen LogP contribution in [-0.4, -0.2) is 5.71 Å². The third kappa shape index (κ3) is 3.01. The molecule has 0 amide bonds. The Balaban J connectivity index is 2.20. The Bertz CT molecular complexity index is 699. The molecule has 0 heterocycles. The second-order valence-electron chi connectivity index (χ2n) is 4.19. The van der Waals surface area contributed by atoms with Crippen molar-refractivity contribution in [3.8, 4) is 23.3 Å². The number of hydrogen-bond donors (Lipinski definition) is 1. The Morgan fingerprint density at radius 1 is 1.00 bits per heavy atom. The zero-order valence-electron chi connectivity index (χ0n) is 11.0. The Morgan fingerprint density at radius 2 is 1.65 bits per heavy atom. The smallest absolute Gasteiger partial charge is 0.237 e. The molecular weight excluding hydrogens is 248 g/mol. The van der Waals surface area contributed by atoms with Gasteiger partial charge in [0.1, 0.15) is 12.1 Å². The Morgan fingerprint density at radius 3 is 2.25 bits per heavy atom. The zero-order valence-corrected chi connectivity index (χ0v) is 11.0. The van der Waals surface area contributed by atoms with Crippen LogP contribution in [0.2, 0.25) is 0 Å². The van der Waals surface area contributed by atoms with E-state index < -0.39 is 0 Å². The van der Waals surface area contributed by atoms with Crippen molar-refractivity contribution in [2.75, 3.05) is 5.43 Å². The molecule has 2 rings (SSSR count). The van der Waals surface area contributed by atoms with Crippen LogP contribution < -0.4 is 5.43 Å². The fourth-order valence-corrected chi connectivity index (χ4v) is 1.82. The van der Waals surface area contributed by atoms with E-state index in [-0.39, 0.29) is 5.71 Å². The Kier molecular flexibility index (Phi) is 4.11. The van der Waals surface area contributed by atoms with Crippen molar-refractivity contribution < 1.29 is 0 Å². The van der Waals surface area contributed by atoms with Crippen LogP contribution in [0, 0.1) is 29.6 Å². The van der Waals surface area contributed by atoms with Gasteiger partial charge in [0.2, 0.25) is 5.71 Å². The number of rotatable bonds is 3. The molecule has 0 aliphatic heterocycles. The van der Waals surface area contributed by atoms with E-state index in [4.69, 9.17) is 10.5 Å². The highest BCUT2D eigenvalue weighted by atomic mass is 15.3. The lowest BCUT2D eigenvalue weighted by molar-refractivity contribution is 1.34. The van der Waals surface area contributed by atoms with Crippen LogP contribution in [0.15, 0.2) is 53.6 Å². The van der Waals surface area contributed by atoms with Gasteiger partial charge in [0.05, 0.1) is 5.69 Å². The second-order valence-corrected chi connectivity index (χ2v) is 4.19. The van der Waals surface area contributed by atoms with Gasteiger partial charge in [-0.1, -0.05) is 36.4 Å². The van der Waals surface area contributed by atoms with Crippen LogP contribution in [0.25, 0.3) is 11.1 Å². The van der Waals surface area contributed by atoms with Gasteiger partial charge in [-0.3, -0.25) is 5.43 Å². The first-order chi connectivity index (χ1) is 9.74. The van der Waals surface area contributed by atoms with Gasteiger partial charge in [-0.25, -0.2) is 0 Å². The molecule has 0 aliphatic rings. The van der Waals surface area contributed by atoms with Crippen LogP contribution in [0.4, 0.5) is 5.69 Å². The summed E-state index contributed by atoms with van der Waals surface area (Å²) in [5.41, 5.74) is 6.71. The maximum atomic E-state index is 8.58. The number of benzene rings is 2. The van der Waals surface area contributed by atoms with Gasteiger partial charge in [-0.2, -0.15) is 15.6 Å². The molecule has 0 fully saturated rings. The summed E-state index contributed by atoms with van der Waals surface area (Å²) in [6, 6.07) is 19.2. The molecule has 0 unspecified atom stereocenters. The fourth-order valence-electron chi connectivity index (χ4n) is 1.82. The summed E-state index contributed by atoms with van der Waals surface area (Å²) in [5.74, 6) is 0. The number of nitrogens with one attached hydrogen (secondary N) is 1. The van der Waals surface area contributed by atoms with Crippen LogP contribution in [-0.2, 0) is 0 Å². The van der Waals surface area contributed by atoms with Gasteiger partial charge >= 0.3 is 0 Å². The number of nitriles is 2. The summed E-state index contributed by atoms with van der Waals surface area (Å²) < 4.78 is 0. The number of hydrazone groups is 1. The largest absolute Gasteiger partial charge is 0.277 e. The number of anilines is 1. The first-order valence-corrected chi connectivity index (χ1v) is 6.04. The molecule has 2 aromatic carbocycles. The van der Waals surface area contributed by atoms with E-state index in [0.29, 0.717) is 0 Å². The molecule has 0 saturated heterocycles. The van der Waals surface area contributed by atoms with Crippen molar-refractivity contribution in [1.82, 2.24) is 0 Å². The molecule has 2 aromatic rings. The van der Waals surface area contributed by atoms with Crippen molar-refractivity contribution in [2.45, 2.75) is 6.92 Å². The molecule has 0 spiro atoms. The predicted octanol–water partition coefficient (Wildman–Crippen LogP) is 3.48. The standard InChI is InChI=1S/C16H12N4/c1-12-4-2-3-5-16(12)13-6-8-14(9-7-13)19-20-15(10-17)11-18/h2-9,19H,1H3. The van der Waals surface area contributed by atoms with Gasteiger partial charge in [0, 0.05) is 0 Å². The Hall–Kier alpha value is -3.11. The van der Waals surface area contributed by atoms with E-state index in [2.05, 4.69) is 29.6 Å². The minimum absolute atomic E-state index is 0.201. The summed E-state index contributed by atoms with van der Waals surface area (Å²) >= 11 is 0. The molecule has 0 aromatic heterocycles. The molecule has 0 aliphatic carbocycles. The lowest BCUT2D eigenvalue weighted by Crippen LogP contribution is -1.96. The van der Waals surface area contributed by atoms with Crippen molar-refractivity contribution >= 4 is 11.4 Å². The van der Waals surface area contributed by atoms with Gasteiger partial charge in [0.15, 0.2) is 0 Å². The summed E-state index contributed by atoms with van der Waals surface area (Å²) in [4.78, 5) is 0. The molecule has 4 nitrogen and oxygen atoms in total. The molecule has 0 atom stereocenters. The summed E-state index contributed by atoms with van der Waals surface area (Å²) in [6.07, 6.45) is 0. The van der Waals surface area contributed by atoms with E-state index in [9.17, 15) is 0 Å². The third-order valence-electron chi connectivity index (χ3n) is 2.85. The Labute approximate surface area is 117 Å². The number of nitrogens with zero attached hydrogens (tertiary/aromatic N) is 3. The average Bonchev–Trinajstić information content (AvgIpc) is 2.49. The normalized spacial score (nSPS) is 9.15. The summed E-state index contributed by atoms with van der Waals surface area (Å²) in [6.45, 7) is 2.07. The lowest BCUT2D eigenvalue weighted by atomic mass is 10.0. The number of hydrogen-bond acceptors (Lipinski definition) is 4. The van der Waals surface area contributed by atoms with E-state index in [1.54, 1.807) is 12.1 Å². The molecule has 0 bridgehead atoms. The highest BCUT2D eigenvalue weighted by molar-refractivity contribution is 6.10. The van der Waals surface area contributed by atoms with E-state index in [0.717, 1.165) is 11.3 Å². The monoisotopic (exact) mass is 260 g/mol. The first kappa shape index (κ1) is 13.3. The van der Waals surface area contributed by atoms with Crippen molar-refractivity contribution in [3.63, 3.8) is 0 Å². The first-order valence-electron chi connectivity index (χ1n) is 6.04. The topological polar surface area (TPSA) is 72.0 Å². The molecule has 1 N–H and O–H groups in total. The number of aryl methyl sites for hydroxylation is 1. The quantitative estimate of drug-likeness (QED) is 0.678. The molecular formula is C16H12N4. The molecule has 20 heavy (non-hydrogen) atoms. The maximum Gasteiger partial charge on any atom is 0.237 e. The molecule has 4 heteroatoms. The predicted molar refractivity (Wildman–Crippen MR) is 78.9 cm³/mol. The zero-order chi connectivity index (χ0) is 14.4. The van der Waals surface area contributed by atoms with Crippen LogP contribution in [0.1, 0.15) is 5.56 Å². The van der Waals surface area contributed by atoms with Crippen LogP contribution in [0.5, 0.6) is 0 Å². The van der Waals surface area contributed by atoms with Gasteiger partial charge in [-0.15, -0.1) is 0 Å². The van der Waals surface area contributed by atoms with Gasteiger partial charge < -0.3 is 0 Å². The molecule has 0 radical (unpaired) electrons.